The van der Waals surface area contributed by atoms with Crippen LogP contribution in [0.5, 0.6) is 5.88 Å². The van der Waals surface area contributed by atoms with Crippen LogP contribution in [0.15, 0.2) is 18.3 Å². The van der Waals surface area contributed by atoms with Crippen molar-refractivity contribution in [3.8, 4) is 5.88 Å². The Kier molecular flexibility index (Phi) is 2.59. The number of ether oxygens (including phenoxy) is 1. The molecule has 1 aromatic heterocycles. The van der Waals surface area contributed by atoms with E-state index >= 15 is 0 Å². The normalized spacial score (nSPS) is 9.31. The van der Waals surface area contributed by atoms with Gasteiger partial charge in [-0.2, -0.15) is 0 Å². The van der Waals surface area contributed by atoms with E-state index in [1.807, 2.05) is 0 Å². The summed E-state index contributed by atoms with van der Waals surface area (Å²) in [6, 6.07) is 2.82. The number of nitrogens with zero attached hydrogens (tertiary/aromatic N) is 1. The van der Waals surface area contributed by atoms with Crippen LogP contribution in [-0.4, -0.2) is 29.0 Å². The van der Waals surface area contributed by atoms with Crippen LogP contribution in [-0.2, 0) is 4.79 Å². The molecular weight excluding hydrogens is 174 g/mol. The average molecular weight is 181 g/mol. The van der Waals surface area contributed by atoms with Gasteiger partial charge in [-0.1, -0.05) is 0 Å². The van der Waals surface area contributed by atoms with Gasteiger partial charge in [0.25, 0.3) is 5.78 Å². The lowest BCUT2D eigenvalue weighted by Gasteiger charge is -2.01. The summed E-state index contributed by atoms with van der Waals surface area (Å²) in [5, 5.41) is 8.42. The second-order valence-electron chi connectivity index (χ2n) is 2.19. The van der Waals surface area contributed by atoms with Gasteiger partial charge in [-0.25, -0.2) is 9.78 Å². The zero-order valence-corrected chi connectivity index (χ0v) is 6.85. The van der Waals surface area contributed by atoms with Crippen LogP contribution in [0.1, 0.15) is 10.4 Å². The third-order valence-electron chi connectivity index (χ3n) is 1.40. The third kappa shape index (κ3) is 1.81. The van der Waals surface area contributed by atoms with Crippen LogP contribution >= 0.6 is 0 Å². The van der Waals surface area contributed by atoms with Crippen molar-refractivity contribution < 1.29 is 19.4 Å². The van der Waals surface area contributed by atoms with Crippen molar-refractivity contribution in [3.63, 3.8) is 0 Å². The Bertz CT molecular complexity index is 348. The maximum atomic E-state index is 11.0. The van der Waals surface area contributed by atoms with Gasteiger partial charge in [0.2, 0.25) is 5.88 Å². The number of carboxylic acids is 1. The number of carbonyl (C=O) groups is 2. The largest absolute Gasteiger partial charge is 0.480 e. The van der Waals surface area contributed by atoms with Gasteiger partial charge in [-0.05, 0) is 12.1 Å². The van der Waals surface area contributed by atoms with E-state index in [2.05, 4.69) is 4.98 Å². The summed E-state index contributed by atoms with van der Waals surface area (Å²) in [5.74, 6) is -2.52. The van der Waals surface area contributed by atoms with Gasteiger partial charge in [0.1, 0.15) is 0 Å². The summed E-state index contributed by atoms with van der Waals surface area (Å²) in [6.07, 6.45) is 1.41. The number of hydrogen-bond acceptors (Lipinski definition) is 4. The molecule has 68 valence electrons. The predicted octanol–water partition coefficient (Wildman–Crippen LogP) is 0.357. The molecule has 1 N–H and O–H groups in total. The number of pyridine rings is 1. The molecule has 0 unspecified atom stereocenters. The minimum Gasteiger partial charge on any atom is -0.480 e. The number of aromatic nitrogens is 1. The molecule has 0 aliphatic carbocycles. The molecule has 0 saturated carbocycles. The van der Waals surface area contributed by atoms with E-state index in [0.717, 1.165) is 0 Å². The third-order valence-corrected chi connectivity index (χ3v) is 1.40. The van der Waals surface area contributed by atoms with E-state index in [1.54, 1.807) is 0 Å². The second-order valence-corrected chi connectivity index (χ2v) is 2.19. The molecule has 0 aliphatic heterocycles. The Labute approximate surface area is 74.0 Å². The highest BCUT2D eigenvalue weighted by Crippen LogP contribution is 2.13. The van der Waals surface area contributed by atoms with Crippen LogP contribution in [0.4, 0.5) is 0 Å². The molecule has 0 amide bonds. The lowest BCUT2D eigenvalue weighted by molar-refractivity contribution is -0.131. The summed E-state index contributed by atoms with van der Waals surface area (Å²) in [5.41, 5.74) is -0.0440. The lowest BCUT2D eigenvalue weighted by atomic mass is 10.2. The molecule has 0 aliphatic rings. The van der Waals surface area contributed by atoms with Crippen LogP contribution in [0.25, 0.3) is 0 Å². The van der Waals surface area contributed by atoms with Crippen molar-refractivity contribution in [2.24, 2.45) is 0 Å². The molecule has 5 heteroatoms. The van der Waals surface area contributed by atoms with E-state index in [1.165, 1.54) is 25.4 Å². The SMILES string of the molecule is COc1ncccc1C(=O)C(=O)O. The van der Waals surface area contributed by atoms with Gasteiger partial charge < -0.3 is 9.84 Å². The fourth-order valence-corrected chi connectivity index (χ4v) is 0.841. The van der Waals surface area contributed by atoms with Gasteiger partial charge in [-0.3, -0.25) is 4.79 Å². The molecule has 13 heavy (non-hydrogen) atoms. The topological polar surface area (TPSA) is 76.5 Å². The number of hydrogen-bond donors (Lipinski definition) is 1. The molecule has 0 radical (unpaired) electrons. The van der Waals surface area contributed by atoms with Crippen molar-refractivity contribution in [2.45, 2.75) is 0 Å². The quantitative estimate of drug-likeness (QED) is 0.538. The van der Waals surface area contributed by atoms with Gasteiger partial charge in [0.15, 0.2) is 0 Å². The highest BCUT2D eigenvalue weighted by Gasteiger charge is 2.19. The summed E-state index contributed by atoms with van der Waals surface area (Å²) >= 11 is 0. The number of carboxylic acid groups (broad SMARTS) is 1. The summed E-state index contributed by atoms with van der Waals surface area (Å²) in [6.45, 7) is 0. The molecule has 0 atom stereocenters. The predicted molar refractivity (Wildman–Crippen MR) is 42.8 cm³/mol. The smallest absolute Gasteiger partial charge is 0.377 e. The Morgan fingerprint density at radius 3 is 2.77 bits per heavy atom. The van der Waals surface area contributed by atoms with Gasteiger partial charge in [0.05, 0.1) is 12.7 Å². The first kappa shape index (κ1) is 9.18. The Hall–Kier alpha value is -1.91. The molecule has 0 bridgehead atoms. The number of ketones is 1. The van der Waals surface area contributed by atoms with Crippen molar-refractivity contribution in [1.29, 1.82) is 0 Å². The number of carbonyl (C=O) groups excluding carboxylic acids is 1. The summed E-state index contributed by atoms with van der Waals surface area (Å²) in [7, 11) is 1.32. The molecule has 1 aromatic rings. The molecule has 1 heterocycles. The van der Waals surface area contributed by atoms with Crippen molar-refractivity contribution in [2.75, 3.05) is 7.11 Å². The number of Topliss-reactive ketones (excluding diaryl/α,β-unsaturated/α-hetero) is 1. The first-order valence-electron chi connectivity index (χ1n) is 3.43. The zero-order chi connectivity index (χ0) is 9.84. The molecule has 1 rings (SSSR count). The Morgan fingerprint density at radius 2 is 2.23 bits per heavy atom. The van der Waals surface area contributed by atoms with Crippen LogP contribution < -0.4 is 4.74 Å². The number of methoxy groups -OCH3 is 1. The van der Waals surface area contributed by atoms with E-state index in [9.17, 15) is 9.59 Å². The maximum Gasteiger partial charge on any atom is 0.377 e. The molecule has 0 saturated heterocycles. The van der Waals surface area contributed by atoms with Gasteiger partial charge in [0, 0.05) is 6.20 Å². The van der Waals surface area contributed by atoms with Crippen LogP contribution in [0.3, 0.4) is 0 Å². The summed E-state index contributed by atoms with van der Waals surface area (Å²) < 4.78 is 4.72. The molecular formula is C8H7NO4. The first-order chi connectivity index (χ1) is 6.16. The van der Waals surface area contributed by atoms with Gasteiger partial charge in [-0.15, -0.1) is 0 Å². The van der Waals surface area contributed by atoms with Crippen molar-refractivity contribution in [3.05, 3.63) is 23.9 Å². The Balaban J connectivity index is 3.13. The average Bonchev–Trinajstić information content (AvgIpc) is 2.16. The maximum absolute atomic E-state index is 11.0. The summed E-state index contributed by atoms with van der Waals surface area (Å²) in [4.78, 5) is 25.0. The van der Waals surface area contributed by atoms with E-state index in [0.29, 0.717) is 0 Å². The molecule has 0 spiro atoms. The highest BCUT2D eigenvalue weighted by molar-refractivity contribution is 6.40. The molecule has 0 aromatic carbocycles. The van der Waals surface area contributed by atoms with E-state index < -0.39 is 11.8 Å². The van der Waals surface area contributed by atoms with E-state index in [4.69, 9.17) is 9.84 Å². The van der Waals surface area contributed by atoms with Crippen LogP contribution in [0, 0.1) is 0 Å². The van der Waals surface area contributed by atoms with Gasteiger partial charge >= 0.3 is 5.97 Å². The fraction of sp³-hybridized carbons (Fsp3) is 0.125. The minimum atomic E-state index is -1.52. The minimum absolute atomic E-state index is 0.0231. The first-order valence-corrected chi connectivity index (χ1v) is 3.43. The van der Waals surface area contributed by atoms with Crippen molar-refractivity contribution in [1.82, 2.24) is 4.98 Å². The standard InChI is InChI=1S/C8H7NO4/c1-13-7-5(3-2-4-9-7)6(10)8(11)12/h2-4H,1H3,(H,11,12). The number of aliphatic carboxylic acids is 1. The highest BCUT2D eigenvalue weighted by atomic mass is 16.5. The monoisotopic (exact) mass is 181 g/mol. The zero-order valence-electron chi connectivity index (χ0n) is 6.85. The fourth-order valence-electron chi connectivity index (χ4n) is 0.841. The Morgan fingerprint density at radius 1 is 1.54 bits per heavy atom. The lowest BCUT2D eigenvalue weighted by Crippen LogP contribution is -2.14. The van der Waals surface area contributed by atoms with E-state index in [-0.39, 0.29) is 11.4 Å². The molecule has 5 nitrogen and oxygen atoms in total. The number of rotatable bonds is 3. The van der Waals surface area contributed by atoms with Crippen LogP contribution in [0.2, 0.25) is 0 Å². The second kappa shape index (κ2) is 3.66. The van der Waals surface area contributed by atoms with Crippen molar-refractivity contribution >= 4 is 11.8 Å². The molecule has 0 fully saturated rings.